The van der Waals surface area contributed by atoms with Crippen molar-refractivity contribution >= 4 is 23.6 Å². The number of carbonyl (C=O) groups is 2. The maximum absolute atomic E-state index is 12.3. The van der Waals surface area contributed by atoms with Crippen LogP contribution in [0.5, 0.6) is 11.5 Å². The van der Waals surface area contributed by atoms with Gasteiger partial charge >= 0.3 is 5.97 Å². The SMILES string of the molecule is COc1cccc(C=C(C#N)C(=O)Nc2ccc(C(=O)O)cc2)c1OC. The highest BCUT2D eigenvalue weighted by atomic mass is 16.5. The normalized spacial score (nSPS) is 10.6. The first-order chi connectivity index (χ1) is 12.5. The number of carboxylic acid groups (broad SMARTS) is 1. The van der Waals surface area contributed by atoms with Crippen molar-refractivity contribution in [3.63, 3.8) is 0 Å². The van der Waals surface area contributed by atoms with E-state index in [2.05, 4.69) is 5.32 Å². The molecule has 0 fully saturated rings. The van der Waals surface area contributed by atoms with Crippen LogP contribution in [0.1, 0.15) is 15.9 Å². The van der Waals surface area contributed by atoms with Gasteiger partial charge in [0.1, 0.15) is 11.6 Å². The first kappa shape index (κ1) is 18.5. The van der Waals surface area contributed by atoms with Crippen molar-refractivity contribution in [1.82, 2.24) is 0 Å². The predicted octanol–water partition coefficient (Wildman–Crippen LogP) is 2.95. The van der Waals surface area contributed by atoms with Crippen LogP contribution in [0.15, 0.2) is 48.0 Å². The Morgan fingerprint density at radius 1 is 1.12 bits per heavy atom. The third-order valence-electron chi connectivity index (χ3n) is 3.49. The fourth-order valence-electron chi connectivity index (χ4n) is 2.22. The molecule has 0 radical (unpaired) electrons. The van der Waals surface area contributed by atoms with E-state index in [0.29, 0.717) is 22.7 Å². The van der Waals surface area contributed by atoms with Crippen LogP contribution in [0, 0.1) is 11.3 Å². The molecule has 2 N–H and O–H groups in total. The molecular formula is C19H16N2O5. The van der Waals surface area contributed by atoms with E-state index in [4.69, 9.17) is 14.6 Å². The molecule has 132 valence electrons. The van der Waals surface area contributed by atoms with Crippen molar-refractivity contribution in [3.8, 4) is 17.6 Å². The van der Waals surface area contributed by atoms with Gasteiger partial charge in [-0.3, -0.25) is 4.79 Å². The summed E-state index contributed by atoms with van der Waals surface area (Å²) in [6, 6.07) is 12.6. The Labute approximate surface area is 150 Å². The zero-order valence-electron chi connectivity index (χ0n) is 14.1. The van der Waals surface area contributed by atoms with E-state index in [1.807, 2.05) is 6.07 Å². The van der Waals surface area contributed by atoms with Crippen molar-refractivity contribution < 1.29 is 24.2 Å². The molecule has 0 bridgehead atoms. The lowest BCUT2D eigenvalue weighted by Crippen LogP contribution is -2.13. The van der Waals surface area contributed by atoms with Gasteiger partial charge in [0.05, 0.1) is 19.8 Å². The van der Waals surface area contributed by atoms with Crippen LogP contribution in [-0.2, 0) is 4.79 Å². The molecule has 26 heavy (non-hydrogen) atoms. The summed E-state index contributed by atoms with van der Waals surface area (Å²) in [5, 5.41) is 20.7. The van der Waals surface area contributed by atoms with E-state index in [1.165, 1.54) is 44.6 Å². The van der Waals surface area contributed by atoms with Crippen LogP contribution in [0.25, 0.3) is 6.08 Å². The van der Waals surface area contributed by atoms with Crippen LogP contribution >= 0.6 is 0 Å². The highest BCUT2D eigenvalue weighted by Gasteiger charge is 2.13. The Balaban J connectivity index is 2.28. The molecule has 2 aromatic rings. The molecule has 2 rings (SSSR count). The summed E-state index contributed by atoms with van der Waals surface area (Å²) in [4.78, 5) is 23.2. The molecule has 0 aliphatic heterocycles. The van der Waals surface area contributed by atoms with Gasteiger partial charge in [0.2, 0.25) is 0 Å². The van der Waals surface area contributed by atoms with Crippen LogP contribution in [0.3, 0.4) is 0 Å². The van der Waals surface area contributed by atoms with Crippen LogP contribution in [0.4, 0.5) is 5.69 Å². The van der Waals surface area contributed by atoms with Gasteiger partial charge < -0.3 is 19.9 Å². The highest BCUT2D eigenvalue weighted by Crippen LogP contribution is 2.32. The number of hydrogen-bond acceptors (Lipinski definition) is 5. The number of methoxy groups -OCH3 is 2. The monoisotopic (exact) mass is 352 g/mol. The lowest BCUT2D eigenvalue weighted by Gasteiger charge is -2.10. The summed E-state index contributed by atoms with van der Waals surface area (Å²) in [5.41, 5.74) is 0.845. The number of carbonyl (C=O) groups excluding carboxylic acids is 1. The van der Waals surface area contributed by atoms with Crippen molar-refractivity contribution in [2.45, 2.75) is 0 Å². The second kappa shape index (κ2) is 8.35. The van der Waals surface area contributed by atoms with E-state index < -0.39 is 11.9 Å². The van der Waals surface area contributed by atoms with Gasteiger partial charge in [-0.25, -0.2) is 4.79 Å². The molecule has 0 spiro atoms. The first-order valence-electron chi connectivity index (χ1n) is 7.47. The van der Waals surface area contributed by atoms with Crippen LogP contribution in [0.2, 0.25) is 0 Å². The summed E-state index contributed by atoms with van der Waals surface area (Å²) in [6.07, 6.45) is 1.39. The summed E-state index contributed by atoms with van der Waals surface area (Å²) >= 11 is 0. The largest absolute Gasteiger partial charge is 0.493 e. The molecule has 0 heterocycles. The quantitative estimate of drug-likeness (QED) is 0.611. The summed E-state index contributed by atoms with van der Waals surface area (Å²) < 4.78 is 10.5. The number of aromatic carboxylic acids is 1. The number of nitrogens with zero attached hydrogens (tertiary/aromatic N) is 1. The topological polar surface area (TPSA) is 109 Å². The summed E-state index contributed by atoms with van der Waals surface area (Å²) in [6.45, 7) is 0. The fourth-order valence-corrected chi connectivity index (χ4v) is 2.22. The Bertz CT molecular complexity index is 895. The van der Waals surface area contributed by atoms with E-state index >= 15 is 0 Å². The maximum atomic E-state index is 12.3. The predicted molar refractivity (Wildman–Crippen MR) is 95.2 cm³/mol. The summed E-state index contributed by atoms with van der Waals surface area (Å²) in [5.74, 6) is -0.810. The molecule has 0 saturated carbocycles. The number of rotatable bonds is 6. The van der Waals surface area contributed by atoms with Crippen molar-refractivity contribution in [2.75, 3.05) is 19.5 Å². The zero-order chi connectivity index (χ0) is 19.1. The van der Waals surface area contributed by atoms with Crippen LogP contribution in [-0.4, -0.2) is 31.2 Å². The molecule has 0 saturated heterocycles. The molecule has 0 atom stereocenters. The minimum absolute atomic E-state index is 0.0974. The number of carboxylic acids is 1. The molecular weight excluding hydrogens is 336 g/mol. The lowest BCUT2D eigenvalue weighted by atomic mass is 10.1. The van der Waals surface area contributed by atoms with E-state index in [1.54, 1.807) is 18.2 Å². The molecule has 7 nitrogen and oxygen atoms in total. The Morgan fingerprint density at radius 3 is 2.35 bits per heavy atom. The first-order valence-corrected chi connectivity index (χ1v) is 7.47. The average molecular weight is 352 g/mol. The molecule has 0 aromatic heterocycles. The number of amides is 1. The van der Waals surface area contributed by atoms with Crippen LogP contribution < -0.4 is 14.8 Å². The van der Waals surface area contributed by atoms with Crippen molar-refractivity contribution in [2.24, 2.45) is 0 Å². The third kappa shape index (κ3) is 4.19. The number of nitriles is 1. The number of anilines is 1. The second-order valence-corrected chi connectivity index (χ2v) is 5.09. The standard InChI is InChI=1S/C19H16N2O5/c1-25-16-5-3-4-13(17(16)26-2)10-14(11-20)18(22)21-15-8-6-12(7-9-15)19(23)24/h3-10H,1-2H3,(H,21,22)(H,23,24). The van der Waals surface area contributed by atoms with Crippen molar-refractivity contribution in [3.05, 3.63) is 59.2 Å². The number of nitrogens with one attached hydrogen (secondary N) is 1. The highest BCUT2D eigenvalue weighted by molar-refractivity contribution is 6.10. The Kier molecular flexibility index (Phi) is 5.96. The van der Waals surface area contributed by atoms with Gasteiger partial charge in [-0.05, 0) is 36.4 Å². The van der Waals surface area contributed by atoms with Gasteiger partial charge in [-0.2, -0.15) is 5.26 Å². The molecule has 1 amide bonds. The van der Waals surface area contributed by atoms with Gasteiger partial charge in [-0.15, -0.1) is 0 Å². The molecule has 0 aliphatic rings. The maximum Gasteiger partial charge on any atom is 0.335 e. The molecule has 2 aromatic carbocycles. The van der Waals surface area contributed by atoms with Gasteiger partial charge in [0.15, 0.2) is 11.5 Å². The van der Waals surface area contributed by atoms with Gasteiger partial charge in [0.25, 0.3) is 5.91 Å². The number of para-hydroxylation sites is 1. The Morgan fingerprint density at radius 2 is 1.81 bits per heavy atom. The van der Waals surface area contributed by atoms with Gasteiger partial charge in [0, 0.05) is 11.3 Å². The Hall–Kier alpha value is -3.79. The average Bonchev–Trinajstić information content (AvgIpc) is 2.65. The smallest absolute Gasteiger partial charge is 0.335 e. The van der Waals surface area contributed by atoms with E-state index in [0.717, 1.165) is 0 Å². The zero-order valence-corrected chi connectivity index (χ0v) is 14.1. The molecule has 0 aliphatic carbocycles. The number of hydrogen-bond donors (Lipinski definition) is 2. The van der Waals surface area contributed by atoms with E-state index in [-0.39, 0.29) is 11.1 Å². The minimum atomic E-state index is -1.06. The molecule has 0 unspecified atom stereocenters. The molecule has 7 heteroatoms. The lowest BCUT2D eigenvalue weighted by molar-refractivity contribution is -0.112. The minimum Gasteiger partial charge on any atom is -0.493 e. The third-order valence-corrected chi connectivity index (χ3v) is 3.49. The second-order valence-electron chi connectivity index (χ2n) is 5.09. The number of benzene rings is 2. The van der Waals surface area contributed by atoms with Crippen molar-refractivity contribution in [1.29, 1.82) is 5.26 Å². The number of ether oxygens (including phenoxy) is 2. The fraction of sp³-hybridized carbons (Fsp3) is 0.105. The van der Waals surface area contributed by atoms with E-state index in [9.17, 15) is 14.9 Å². The summed E-state index contributed by atoms with van der Waals surface area (Å²) in [7, 11) is 2.95. The van der Waals surface area contributed by atoms with Gasteiger partial charge in [-0.1, -0.05) is 12.1 Å².